The Morgan fingerprint density at radius 3 is 3.00 bits per heavy atom. The summed E-state index contributed by atoms with van der Waals surface area (Å²) in [6.07, 6.45) is 1.60. The average Bonchev–Trinajstić information content (AvgIpc) is 2.80. The molecule has 2 aromatic heterocycles. The fourth-order valence-electron chi connectivity index (χ4n) is 1.11. The Kier molecular flexibility index (Phi) is 3.48. The Balaban J connectivity index is 2.23. The van der Waals surface area contributed by atoms with Crippen LogP contribution in [0.1, 0.15) is 17.5 Å². The molecule has 0 unspecified atom stereocenters. The zero-order chi connectivity index (χ0) is 12.3. The number of pyridine rings is 1. The second kappa shape index (κ2) is 5.05. The van der Waals surface area contributed by atoms with Gasteiger partial charge >= 0.3 is 5.97 Å². The van der Waals surface area contributed by atoms with E-state index in [0.29, 0.717) is 5.69 Å². The van der Waals surface area contributed by atoms with E-state index in [-0.39, 0.29) is 18.3 Å². The lowest BCUT2D eigenvalue weighted by Gasteiger charge is -1.94. The summed E-state index contributed by atoms with van der Waals surface area (Å²) in [5.41, 5.74) is 0.497. The van der Waals surface area contributed by atoms with Gasteiger partial charge in [0.25, 0.3) is 11.7 Å². The highest BCUT2D eigenvalue weighted by Gasteiger charge is 2.17. The van der Waals surface area contributed by atoms with E-state index in [4.69, 9.17) is 9.26 Å². The van der Waals surface area contributed by atoms with Crippen LogP contribution in [0, 0.1) is 0 Å². The van der Waals surface area contributed by atoms with Crippen LogP contribution < -0.4 is 0 Å². The maximum atomic E-state index is 11.3. The Morgan fingerprint density at radius 1 is 1.53 bits per heavy atom. The summed E-state index contributed by atoms with van der Waals surface area (Å²) in [7, 11) is 0. The van der Waals surface area contributed by atoms with Gasteiger partial charge in [-0.25, -0.2) is 9.78 Å². The molecule has 88 valence electrons. The molecule has 0 bridgehead atoms. The van der Waals surface area contributed by atoms with Crippen molar-refractivity contribution >= 4 is 21.9 Å². The Hall–Kier alpha value is -1.76. The van der Waals surface area contributed by atoms with Crippen LogP contribution in [0.25, 0.3) is 11.6 Å². The molecule has 0 saturated heterocycles. The van der Waals surface area contributed by atoms with Gasteiger partial charge in [0.2, 0.25) is 0 Å². The minimum Gasteiger partial charge on any atom is -0.460 e. The van der Waals surface area contributed by atoms with Crippen LogP contribution in [0.2, 0.25) is 0 Å². The quantitative estimate of drug-likeness (QED) is 0.807. The highest BCUT2D eigenvalue weighted by molar-refractivity contribution is 9.10. The van der Waals surface area contributed by atoms with Gasteiger partial charge in [-0.05, 0) is 40.1 Å². The van der Waals surface area contributed by atoms with E-state index in [1.807, 2.05) is 0 Å². The predicted octanol–water partition coefficient (Wildman–Crippen LogP) is 2.07. The molecule has 17 heavy (non-hydrogen) atoms. The SMILES string of the molecule is CCOC(=O)c1noc(-c2ccc(Br)cn2)n1. The smallest absolute Gasteiger partial charge is 0.379 e. The van der Waals surface area contributed by atoms with Gasteiger partial charge in [-0.2, -0.15) is 4.98 Å². The molecule has 6 nitrogen and oxygen atoms in total. The van der Waals surface area contributed by atoms with Gasteiger partial charge in [0.15, 0.2) is 0 Å². The van der Waals surface area contributed by atoms with E-state index in [1.165, 1.54) is 0 Å². The number of halogens is 1. The van der Waals surface area contributed by atoms with Crippen molar-refractivity contribution in [1.29, 1.82) is 0 Å². The van der Waals surface area contributed by atoms with Crippen molar-refractivity contribution in [1.82, 2.24) is 15.1 Å². The van der Waals surface area contributed by atoms with Crippen LogP contribution in [-0.4, -0.2) is 27.7 Å². The third-order valence-electron chi connectivity index (χ3n) is 1.83. The van der Waals surface area contributed by atoms with Crippen molar-refractivity contribution in [3.8, 4) is 11.6 Å². The van der Waals surface area contributed by atoms with Crippen molar-refractivity contribution in [2.24, 2.45) is 0 Å². The number of carbonyl (C=O) groups is 1. The third-order valence-corrected chi connectivity index (χ3v) is 2.30. The first-order chi connectivity index (χ1) is 8.20. The summed E-state index contributed by atoms with van der Waals surface area (Å²) < 4.78 is 10.5. The molecule has 0 aliphatic rings. The van der Waals surface area contributed by atoms with Crippen LogP contribution in [0.4, 0.5) is 0 Å². The second-order valence-corrected chi connectivity index (χ2v) is 3.92. The largest absolute Gasteiger partial charge is 0.460 e. The van der Waals surface area contributed by atoms with Crippen LogP contribution >= 0.6 is 15.9 Å². The van der Waals surface area contributed by atoms with E-state index < -0.39 is 5.97 Å². The minimum absolute atomic E-state index is 0.105. The van der Waals surface area contributed by atoms with Gasteiger partial charge in [0.1, 0.15) is 5.69 Å². The molecular formula is C10H8BrN3O3. The van der Waals surface area contributed by atoms with Gasteiger partial charge in [-0.1, -0.05) is 0 Å². The minimum atomic E-state index is -0.611. The molecular weight excluding hydrogens is 290 g/mol. The molecule has 2 aromatic rings. The number of carbonyl (C=O) groups excluding carboxylic acids is 1. The van der Waals surface area contributed by atoms with E-state index in [0.717, 1.165) is 4.47 Å². The summed E-state index contributed by atoms with van der Waals surface area (Å²) in [6, 6.07) is 3.49. The van der Waals surface area contributed by atoms with E-state index in [2.05, 4.69) is 31.1 Å². The fraction of sp³-hybridized carbons (Fsp3) is 0.200. The molecule has 7 heteroatoms. The van der Waals surface area contributed by atoms with E-state index in [1.54, 1.807) is 25.3 Å². The van der Waals surface area contributed by atoms with Gasteiger partial charge < -0.3 is 9.26 Å². The van der Waals surface area contributed by atoms with E-state index >= 15 is 0 Å². The van der Waals surface area contributed by atoms with Crippen LogP contribution in [-0.2, 0) is 4.74 Å². The molecule has 0 aromatic carbocycles. The molecule has 0 fully saturated rings. The van der Waals surface area contributed by atoms with Crippen molar-refractivity contribution < 1.29 is 14.1 Å². The summed E-state index contributed by atoms with van der Waals surface area (Å²) in [5.74, 6) is -0.535. The number of hydrogen-bond donors (Lipinski definition) is 0. The zero-order valence-corrected chi connectivity index (χ0v) is 10.5. The average molecular weight is 298 g/mol. The van der Waals surface area contributed by atoms with Crippen LogP contribution in [0.5, 0.6) is 0 Å². The molecule has 0 N–H and O–H groups in total. The van der Waals surface area contributed by atoms with Crippen molar-refractivity contribution in [2.75, 3.05) is 6.61 Å². The predicted molar refractivity (Wildman–Crippen MR) is 61.2 cm³/mol. The van der Waals surface area contributed by atoms with E-state index in [9.17, 15) is 4.79 Å². The number of hydrogen-bond acceptors (Lipinski definition) is 6. The Bertz CT molecular complexity index is 524. The van der Waals surface area contributed by atoms with Crippen molar-refractivity contribution in [2.45, 2.75) is 6.92 Å². The highest BCUT2D eigenvalue weighted by atomic mass is 79.9. The van der Waals surface area contributed by atoms with Gasteiger partial charge in [-0.3, -0.25) is 0 Å². The maximum absolute atomic E-state index is 11.3. The molecule has 0 aliphatic heterocycles. The Morgan fingerprint density at radius 2 is 2.35 bits per heavy atom. The summed E-state index contributed by atoms with van der Waals surface area (Å²) >= 11 is 3.26. The molecule has 2 rings (SSSR count). The summed E-state index contributed by atoms with van der Waals surface area (Å²) in [5, 5.41) is 3.52. The molecule has 0 saturated carbocycles. The zero-order valence-electron chi connectivity index (χ0n) is 8.88. The number of esters is 1. The maximum Gasteiger partial charge on any atom is 0.379 e. The normalized spacial score (nSPS) is 10.2. The first-order valence-corrected chi connectivity index (χ1v) is 5.62. The number of rotatable bonds is 3. The molecule has 2 heterocycles. The first kappa shape index (κ1) is 11.7. The lowest BCUT2D eigenvalue weighted by Crippen LogP contribution is -2.06. The molecule has 0 aliphatic carbocycles. The second-order valence-electron chi connectivity index (χ2n) is 3.01. The summed E-state index contributed by atoms with van der Waals surface area (Å²) in [6.45, 7) is 1.97. The molecule has 0 atom stereocenters. The monoisotopic (exact) mass is 297 g/mol. The van der Waals surface area contributed by atoms with Gasteiger partial charge in [0, 0.05) is 10.7 Å². The first-order valence-electron chi connectivity index (χ1n) is 4.83. The topological polar surface area (TPSA) is 78.1 Å². The summed E-state index contributed by atoms with van der Waals surface area (Å²) in [4.78, 5) is 19.3. The number of nitrogens with zero attached hydrogens (tertiary/aromatic N) is 3. The third kappa shape index (κ3) is 2.68. The van der Waals surface area contributed by atoms with Gasteiger partial charge in [0.05, 0.1) is 6.61 Å². The molecule has 0 radical (unpaired) electrons. The number of aromatic nitrogens is 3. The van der Waals surface area contributed by atoms with Gasteiger partial charge in [-0.15, -0.1) is 0 Å². The lowest BCUT2D eigenvalue weighted by atomic mass is 10.3. The number of ether oxygens (including phenoxy) is 1. The van der Waals surface area contributed by atoms with Crippen LogP contribution in [0.15, 0.2) is 27.3 Å². The lowest BCUT2D eigenvalue weighted by molar-refractivity contribution is 0.0508. The fourth-order valence-corrected chi connectivity index (χ4v) is 1.34. The van der Waals surface area contributed by atoms with Crippen LogP contribution in [0.3, 0.4) is 0 Å². The standard InChI is InChI=1S/C10H8BrN3O3/c1-2-16-10(15)8-13-9(17-14-8)7-4-3-6(11)5-12-7/h3-5H,2H2,1H3. The molecule has 0 spiro atoms. The molecule has 0 amide bonds. The Labute approximate surface area is 105 Å². The van der Waals surface area contributed by atoms with Crippen molar-refractivity contribution in [3.05, 3.63) is 28.6 Å². The highest BCUT2D eigenvalue weighted by Crippen LogP contribution is 2.16. The van der Waals surface area contributed by atoms with Crippen molar-refractivity contribution in [3.63, 3.8) is 0 Å².